The molecule has 0 aromatic heterocycles. The van der Waals surface area contributed by atoms with Crippen molar-refractivity contribution in [3.8, 4) is 0 Å². The maximum Gasteiger partial charge on any atom is 0.238 e. The summed E-state index contributed by atoms with van der Waals surface area (Å²) in [6.07, 6.45) is 2.32. The standard InChI is InChI=1S/C14H19Cl2N3O/c1-2-9-3-4-19(7-9)8-13(20)18-14-11(15)5-10(17)6-12(14)16/h5-6,9H,2-4,7-8,17H2,1H3,(H,18,20). The maximum atomic E-state index is 12.1. The Balaban J connectivity index is 1.95. The minimum absolute atomic E-state index is 0.102. The summed E-state index contributed by atoms with van der Waals surface area (Å²) in [6, 6.07) is 3.15. The number of halogens is 2. The molecule has 1 heterocycles. The van der Waals surface area contributed by atoms with Crippen LogP contribution in [0, 0.1) is 5.92 Å². The minimum Gasteiger partial charge on any atom is -0.399 e. The van der Waals surface area contributed by atoms with E-state index < -0.39 is 0 Å². The topological polar surface area (TPSA) is 58.4 Å². The first-order chi connectivity index (χ1) is 9.49. The van der Waals surface area contributed by atoms with Gasteiger partial charge in [0.1, 0.15) is 0 Å². The molecule has 1 aromatic carbocycles. The van der Waals surface area contributed by atoms with Crippen LogP contribution >= 0.6 is 23.2 Å². The molecule has 1 fully saturated rings. The molecule has 6 heteroatoms. The lowest BCUT2D eigenvalue weighted by molar-refractivity contribution is -0.117. The Bertz CT molecular complexity index is 484. The highest BCUT2D eigenvalue weighted by molar-refractivity contribution is 6.40. The molecule has 2 rings (SSSR count). The van der Waals surface area contributed by atoms with Crippen LogP contribution in [-0.2, 0) is 4.79 Å². The number of nitrogens with zero attached hydrogens (tertiary/aromatic N) is 1. The molecule has 0 aliphatic carbocycles. The Hall–Kier alpha value is -0.970. The van der Waals surface area contributed by atoms with Gasteiger partial charge in [-0.05, 0) is 31.0 Å². The molecular formula is C14H19Cl2N3O. The summed E-state index contributed by atoms with van der Waals surface area (Å²) in [6.45, 7) is 4.50. The van der Waals surface area contributed by atoms with Gasteiger partial charge in [-0.1, -0.05) is 36.5 Å². The van der Waals surface area contributed by atoms with Crippen LogP contribution in [0.2, 0.25) is 10.0 Å². The first-order valence-electron chi connectivity index (χ1n) is 6.76. The van der Waals surface area contributed by atoms with E-state index in [0.29, 0.717) is 33.9 Å². The molecule has 3 N–H and O–H groups in total. The summed E-state index contributed by atoms with van der Waals surface area (Å²) in [5.41, 5.74) is 6.54. The van der Waals surface area contributed by atoms with Gasteiger partial charge in [0.25, 0.3) is 0 Å². The summed E-state index contributed by atoms with van der Waals surface area (Å²) in [5, 5.41) is 3.48. The second-order valence-electron chi connectivity index (χ2n) is 5.21. The third-order valence-corrected chi connectivity index (χ3v) is 4.24. The Morgan fingerprint density at radius 2 is 2.10 bits per heavy atom. The monoisotopic (exact) mass is 315 g/mol. The van der Waals surface area contributed by atoms with Crippen molar-refractivity contribution < 1.29 is 4.79 Å². The van der Waals surface area contributed by atoms with Crippen molar-refractivity contribution in [3.05, 3.63) is 22.2 Å². The van der Waals surface area contributed by atoms with Gasteiger partial charge in [0.05, 0.1) is 22.3 Å². The summed E-state index contributed by atoms with van der Waals surface area (Å²) in [5.74, 6) is 0.599. The number of hydrogen-bond donors (Lipinski definition) is 2. The number of benzene rings is 1. The van der Waals surface area contributed by atoms with E-state index in [-0.39, 0.29) is 5.91 Å². The van der Waals surface area contributed by atoms with E-state index in [4.69, 9.17) is 28.9 Å². The molecule has 4 nitrogen and oxygen atoms in total. The predicted octanol–water partition coefficient (Wildman–Crippen LogP) is 3.25. The molecule has 1 aliphatic rings. The lowest BCUT2D eigenvalue weighted by Gasteiger charge is -2.16. The van der Waals surface area contributed by atoms with Crippen LogP contribution < -0.4 is 11.1 Å². The van der Waals surface area contributed by atoms with E-state index in [1.165, 1.54) is 0 Å². The van der Waals surface area contributed by atoms with Crippen molar-refractivity contribution in [1.82, 2.24) is 4.90 Å². The van der Waals surface area contributed by atoms with Crippen LogP contribution in [0.5, 0.6) is 0 Å². The minimum atomic E-state index is -0.102. The van der Waals surface area contributed by atoms with Gasteiger partial charge in [-0.15, -0.1) is 0 Å². The van der Waals surface area contributed by atoms with Crippen LogP contribution in [0.4, 0.5) is 11.4 Å². The number of likely N-dealkylation sites (tertiary alicyclic amines) is 1. The smallest absolute Gasteiger partial charge is 0.238 e. The second-order valence-corrected chi connectivity index (χ2v) is 6.02. The van der Waals surface area contributed by atoms with E-state index in [1.807, 2.05) is 0 Å². The van der Waals surface area contributed by atoms with Gasteiger partial charge in [-0.25, -0.2) is 0 Å². The molecule has 1 atom stereocenters. The predicted molar refractivity (Wildman–Crippen MR) is 84.3 cm³/mol. The SMILES string of the molecule is CCC1CCN(CC(=O)Nc2c(Cl)cc(N)cc2Cl)C1. The van der Waals surface area contributed by atoms with E-state index in [1.54, 1.807) is 12.1 Å². The normalized spacial score (nSPS) is 19.2. The van der Waals surface area contributed by atoms with Gasteiger partial charge in [-0.3, -0.25) is 9.69 Å². The van der Waals surface area contributed by atoms with Crippen LogP contribution in [0.25, 0.3) is 0 Å². The van der Waals surface area contributed by atoms with Gasteiger partial charge < -0.3 is 11.1 Å². The van der Waals surface area contributed by atoms with Gasteiger partial charge in [0.2, 0.25) is 5.91 Å². The van der Waals surface area contributed by atoms with Crippen molar-refractivity contribution in [2.45, 2.75) is 19.8 Å². The van der Waals surface area contributed by atoms with E-state index in [9.17, 15) is 4.79 Å². The zero-order chi connectivity index (χ0) is 14.7. The van der Waals surface area contributed by atoms with Crippen molar-refractivity contribution in [2.24, 2.45) is 5.92 Å². The molecule has 0 radical (unpaired) electrons. The van der Waals surface area contributed by atoms with Gasteiger partial charge in [0.15, 0.2) is 0 Å². The lowest BCUT2D eigenvalue weighted by Crippen LogP contribution is -2.31. The number of hydrogen-bond acceptors (Lipinski definition) is 3. The highest BCUT2D eigenvalue weighted by atomic mass is 35.5. The zero-order valence-electron chi connectivity index (χ0n) is 11.5. The van der Waals surface area contributed by atoms with Crippen molar-refractivity contribution >= 4 is 40.5 Å². The first kappa shape index (κ1) is 15.4. The molecule has 20 heavy (non-hydrogen) atoms. The zero-order valence-corrected chi connectivity index (χ0v) is 13.0. The highest BCUT2D eigenvalue weighted by Crippen LogP contribution is 2.32. The molecular weight excluding hydrogens is 297 g/mol. The number of carbonyl (C=O) groups excluding carboxylic acids is 1. The molecule has 0 bridgehead atoms. The Morgan fingerprint density at radius 3 is 2.65 bits per heavy atom. The number of amides is 1. The van der Waals surface area contributed by atoms with E-state index in [0.717, 1.165) is 25.9 Å². The molecule has 1 aliphatic heterocycles. The fraction of sp³-hybridized carbons (Fsp3) is 0.500. The second kappa shape index (κ2) is 6.66. The summed E-state index contributed by atoms with van der Waals surface area (Å²) < 4.78 is 0. The van der Waals surface area contributed by atoms with Crippen molar-refractivity contribution in [2.75, 3.05) is 30.7 Å². The van der Waals surface area contributed by atoms with Crippen LogP contribution in [0.15, 0.2) is 12.1 Å². The third kappa shape index (κ3) is 3.78. The lowest BCUT2D eigenvalue weighted by atomic mass is 10.1. The average molecular weight is 316 g/mol. The highest BCUT2D eigenvalue weighted by Gasteiger charge is 2.23. The molecule has 110 valence electrons. The molecule has 1 amide bonds. The molecule has 0 saturated carbocycles. The third-order valence-electron chi connectivity index (χ3n) is 3.64. The van der Waals surface area contributed by atoms with Crippen LogP contribution in [0.3, 0.4) is 0 Å². The number of nitrogen functional groups attached to an aromatic ring is 1. The average Bonchev–Trinajstić information content (AvgIpc) is 2.81. The number of anilines is 2. The molecule has 1 saturated heterocycles. The van der Waals surface area contributed by atoms with Crippen LogP contribution in [0.1, 0.15) is 19.8 Å². The number of carbonyl (C=O) groups is 1. The van der Waals surface area contributed by atoms with E-state index >= 15 is 0 Å². The van der Waals surface area contributed by atoms with E-state index in [2.05, 4.69) is 17.1 Å². The summed E-state index contributed by atoms with van der Waals surface area (Å²) in [7, 11) is 0. The number of rotatable bonds is 4. The van der Waals surface area contributed by atoms with Gasteiger partial charge in [-0.2, -0.15) is 0 Å². The Kier molecular flexibility index (Phi) is 5.13. The largest absolute Gasteiger partial charge is 0.399 e. The quantitative estimate of drug-likeness (QED) is 0.838. The Labute approximate surface area is 129 Å². The Morgan fingerprint density at radius 1 is 1.45 bits per heavy atom. The fourth-order valence-corrected chi connectivity index (χ4v) is 3.08. The fourth-order valence-electron chi connectivity index (χ4n) is 2.48. The first-order valence-corrected chi connectivity index (χ1v) is 7.52. The van der Waals surface area contributed by atoms with Gasteiger partial charge >= 0.3 is 0 Å². The maximum absolute atomic E-state index is 12.1. The number of nitrogens with one attached hydrogen (secondary N) is 1. The number of nitrogens with two attached hydrogens (primary N) is 1. The molecule has 0 spiro atoms. The van der Waals surface area contributed by atoms with Gasteiger partial charge in [0, 0.05) is 12.2 Å². The van der Waals surface area contributed by atoms with Crippen molar-refractivity contribution in [1.29, 1.82) is 0 Å². The summed E-state index contributed by atoms with van der Waals surface area (Å²) >= 11 is 12.1. The molecule has 1 aromatic rings. The molecule has 1 unspecified atom stereocenters. The van der Waals surface area contributed by atoms with Crippen molar-refractivity contribution in [3.63, 3.8) is 0 Å². The van der Waals surface area contributed by atoms with Crippen LogP contribution in [-0.4, -0.2) is 30.4 Å². The summed E-state index contributed by atoms with van der Waals surface area (Å²) in [4.78, 5) is 14.2.